The van der Waals surface area contributed by atoms with E-state index in [0.29, 0.717) is 6.07 Å². The Bertz CT molecular complexity index is 574. The summed E-state index contributed by atoms with van der Waals surface area (Å²) in [5.41, 5.74) is 5.74. The molecule has 0 spiro atoms. The highest BCUT2D eigenvalue weighted by Gasteiger charge is 2.17. The van der Waals surface area contributed by atoms with Crippen molar-refractivity contribution in [2.45, 2.75) is 6.10 Å². The fraction of sp³-hybridized carbons (Fsp3) is 0.143. The Balaban J connectivity index is 2.27. The maximum Gasteiger partial charge on any atom is 0.168 e. The fourth-order valence-electron chi connectivity index (χ4n) is 1.70. The van der Waals surface area contributed by atoms with E-state index in [0.717, 1.165) is 12.1 Å². The van der Waals surface area contributed by atoms with Crippen LogP contribution in [0.5, 0.6) is 5.75 Å². The van der Waals surface area contributed by atoms with Crippen molar-refractivity contribution in [1.29, 1.82) is 0 Å². The molecule has 2 aromatic carbocycles. The number of nitrogens with two attached hydrogens (primary N) is 1. The summed E-state index contributed by atoms with van der Waals surface area (Å²) in [5.74, 6) is -2.21. The molecule has 1 atom stereocenters. The summed E-state index contributed by atoms with van der Waals surface area (Å²) in [6.45, 7) is -0.0300. The van der Waals surface area contributed by atoms with Gasteiger partial charge in [-0.05, 0) is 18.2 Å². The molecule has 2 rings (SSSR count). The summed E-state index contributed by atoms with van der Waals surface area (Å²) in [6, 6.07) is 8.85. The van der Waals surface area contributed by atoms with Crippen molar-refractivity contribution in [3.05, 3.63) is 65.5 Å². The molecule has 0 fully saturated rings. The average Bonchev–Trinajstić information content (AvgIpc) is 2.39. The highest BCUT2D eigenvalue weighted by Crippen LogP contribution is 2.25. The van der Waals surface area contributed by atoms with E-state index in [1.165, 1.54) is 18.2 Å². The quantitative estimate of drug-likeness (QED) is 0.923. The molecule has 0 aliphatic rings. The van der Waals surface area contributed by atoms with Gasteiger partial charge >= 0.3 is 0 Å². The van der Waals surface area contributed by atoms with Crippen molar-refractivity contribution in [3.63, 3.8) is 0 Å². The Morgan fingerprint density at radius 3 is 2.37 bits per heavy atom. The normalized spacial score (nSPS) is 12.2. The first kappa shape index (κ1) is 13.4. The highest BCUT2D eigenvalue weighted by atomic mass is 19.1. The monoisotopic (exact) mass is 267 g/mol. The molecule has 0 amide bonds. The molecular formula is C14H12F3NO. The molecule has 19 heavy (non-hydrogen) atoms. The van der Waals surface area contributed by atoms with Gasteiger partial charge in [-0.2, -0.15) is 0 Å². The van der Waals surface area contributed by atoms with E-state index >= 15 is 0 Å². The zero-order valence-corrected chi connectivity index (χ0v) is 9.95. The smallest absolute Gasteiger partial charge is 0.168 e. The lowest BCUT2D eigenvalue weighted by Gasteiger charge is -2.18. The second kappa shape index (κ2) is 5.75. The average molecular weight is 267 g/mol. The Morgan fingerprint density at radius 1 is 1.00 bits per heavy atom. The second-order valence-corrected chi connectivity index (χ2v) is 3.94. The predicted molar refractivity (Wildman–Crippen MR) is 65.2 cm³/mol. The largest absolute Gasteiger partial charge is 0.481 e. The SMILES string of the molecule is NCC(Oc1ccc(F)cc1F)c1ccccc1F. The number of rotatable bonds is 4. The lowest BCUT2D eigenvalue weighted by Crippen LogP contribution is -2.20. The molecule has 100 valence electrons. The van der Waals surface area contributed by atoms with Crippen LogP contribution in [0.2, 0.25) is 0 Å². The number of hydrogen-bond donors (Lipinski definition) is 1. The van der Waals surface area contributed by atoms with Gasteiger partial charge < -0.3 is 10.5 Å². The number of hydrogen-bond acceptors (Lipinski definition) is 2. The van der Waals surface area contributed by atoms with E-state index < -0.39 is 23.6 Å². The minimum atomic E-state index is -0.852. The molecule has 5 heteroatoms. The lowest BCUT2D eigenvalue weighted by atomic mass is 10.1. The van der Waals surface area contributed by atoms with Crippen molar-refractivity contribution < 1.29 is 17.9 Å². The van der Waals surface area contributed by atoms with Gasteiger partial charge in [-0.3, -0.25) is 0 Å². The van der Waals surface area contributed by atoms with Crippen LogP contribution in [0.25, 0.3) is 0 Å². The molecule has 0 bridgehead atoms. The van der Waals surface area contributed by atoms with Gasteiger partial charge in [0.05, 0.1) is 0 Å². The standard InChI is InChI=1S/C14H12F3NO/c15-9-5-6-13(12(17)7-9)19-14(8-18)10-3-1-2-4-11(10)16/h1-7,14H,8,18H2. The molecule has 2 nitrogen and oxygen atoms in total. The van der Waals surface area contributed by atoms with Crippen molar-refractivity contribution >= 4 is 0 Å². The number of ether oxygens (including phenoxy) is 1. The molecule has 0 saturated carbocycles. The van der Waals surface area contributed by atoms with E-state index in [1.807, 2.05) is 0 Å². The first-order valence-corrected chi connectivity index (χ1v) is 5.68. The van der Waals surface area contributed by atoms with Gasteiger partial charge in [-0.25, -0.2) is 13.2 Å². The van der Waals surface area contributed by atoms with Gasteiger partial charge in [-0.15, -0.1) is 0 Å². The van der Waals surface area contributed by atoms with E-state index in [1.54, 1.807) is 6.07 Å². The Morgan fingerprint density at radius 2 is 1.74 bits per heavy atom. The van der Waals surface area contributed by atoms with Crippen LogP contribution < -0.4 is 10.5 Å². The maximum atomic E-state index is 13.6. The molecule has 0 aliphatic carbocycles. The summed E-state index contributed by atoms with van der Waals surface area (Å²) in [6.07, 6.45) is -0.832. The maximum absolute atomic E-state index is 13.6. The van der Waals surface area contributed by atoms with Crippen LogP contribution in [0.3, 0.4) is 0 Å². The van der Waals surface area contributed by atoms with Crippen molar-refractivity contribution in [2.75, 3.05) is 6.54 Å². The molecule has 0 aliphatic heterocycles. The third kappa shape index (κ3) is 3.06. The van der Waals surface area contributed by atoms with Crippen LogP contribution in [0, 0.1) is 17.5 Å². The van der Waals surface area contributed by atoms with Gasteiger partial charge in [0, 0.05) is 18.2 Å². The molecule has 0 aromatic heterocycles. The zero-order chi connectivity index (χ0) is 13.8. The van der Waals surface area contributed by atoms with Crippen LogP contribution in [0.4, 0.5) is 13.2 Å². The molecule has 0 radical (unpaired) electrons. The van der Waals surface area contributed by atoms with Crippen LogP contribution in [-0.4, -0.2) is 6.54 Å². The Labute approximate surface area is 108 Å². The fourth-order valence-corrected chi connectivity index (χ4v) is 1.70. The second-order valence-electron chi connectivity index (χ2n) is 3.94. The van der Waals surface area contributed by atoms with Gasteiger partial charge in [0.2, 0.25) is 0 Å². The molecule has 2 N–H and O–H groups in total. The van der Waals surface area contributed by atoms with Crippen LogP contribution in [0.15, 0.2) is 42.5 Å². The summed E-state index contributed by atoms with van der Waals surface area (Å²) in [4.78, 5) is 0. The van der Waals surface area contributed by atoms with Crippen molar-refractivity contribution in [1.82, 2.24) is 0 Å². The molecular weight excluding hydrogens is 255 g/mol. The van der Waals surface area contributed by atoms with Crippen LogP contribution >= 0.6 is 0 Å². The summed E-state index contributed by atoms with van der Waals surface area (Å²) >= 11 is 0. The highest BCUT2D eigenvalue weighted by molar-refractivity contribution is 5.27. The summed E-state index contributed by atoms with van der Waals surface area (Å²) < 4.78 is 45.2. The van der Waals surface area contributed by atoms with Gasteiger partial charge in [0.15, 0.2) is 11.6 Å². The van der Waals surface area contributed by atoms with Gasteiger partial charge in [0.25, 0.3) is 0 Å². The van der Waals surface area contributed by atoms with Gasteiger partial charge in [-0.1, -0.05) is 18.2 Å². The third-order valence-electron chi connectivity index (χ3n) is 2.63. The Kier molecular flexibility index (Phi) is 4.06. The first-order chi connectivity index (χ1) is 9.11. The Hall–Kier alpha value is -2.01. The van der Waals surface area contributed by atoms with E-state index in [2.05, 4.69) is 0 Å². The van der Waals surface area contributed by atoms with Crippen molar-refractivity contribution in [3.8, 4) is 5.75 Å². The van der Waals surface area contributed by atoms with Crippen molar-refractivity contribution in [2.24, 2.45) is 5.73 Å². The molecule has 0 saturated heterocycles. The predicted octanol–water partition coefficient (Wildman–Crippen LogP) is 3.18. The number of benzene rings is 2. The minimum absolute atomic E-state index is 0.0300. The van der Waals surface area contributed by atoms with Gasteiger partial charge in [0.1, 0.15) is 17.7 Å². The van der Waals surface area contributed by atoms with Crippen LogP contribution in [0.1, 0.15) is 11.7 Å². The topological polar surface area (TPSA) is 35.2 Å². The van der Waals surface area contributed by atoms with E-state index in [-0.39, 0.29) is 17.9 Å². The third-order valence-corrected chi connectivity index (χ3v) is 2.63. The lowest BCUT2D eigenvalue weighted by molar-refractivity contribution is 0.199. The zero-order valence-electron chi connectivity index (χ0n) is 9.95. The van der Waals surface area contributed by atoms with E-state index in [9.17, 15) is 13.2 Å². The number of halogens is 3. The molecule has 1 unspecified atom stereocenters. The first-order valence-electron chi connectivity index (χ1n) is 5.68. The van der Waals surface area contributed by atoms with E-state index in [4.69, 9.17) is 10.5 Å². The van der Waals surface area contributed by atoms with Crippen LogP contribution in [-0.2, 0) is 0 Å². The molecule has 0 heterocycles. The molecule has 2 aromatic rings. The minimum Gasteiger partial charge on any atom is -0.481 e. The summed E-state index contributed by atoms with van der Waals surface area (Å²) in [5, 5.41) is 0. The summed E-state index contributed by atoms with van der Waals surface area (Å²) in [7, 11) is 0.